The van der Waals surface area contributed by atoms with E-state index in [4.69, 9.17) is 0 Å². The first-order chi connectivity index (χ1) is 4.46. The Kier molecular flexibility index (Phi) is 3.26. The van der Waals surface area contributed by atoms with Crippen molar-refractivity contribution in [2.75, 3.05) is 0 Å². The average molecular weight is 146 g/mol. The molecular weight excluding hydrogens is 134 g/mol. The van der Waals surface area contributed by atoms with Crippen molar-refractivity contribution in [2.24, 2.45) is 0 Å². The van der Waals surface area contributed by atoms with Crippen LogP contribution >= 0.6 is 0 Å². The second kappa shape index (κ2) is 3.49. The highest BCUT2D eigenvalue weighted by Crippen LogP contribution is 2.20. The molecule has 0 aromatic heterocycles. The maximum absolute atomic E-state index is 12.6. The summed E-state index contributed by atoms with van der Waals surface area (Å²) in [5.74, 6) is -1.47. The Bertz CT molecular complexity index is 157. The van der Waals surface area contributed by atoms with Gasteiger partial charge in [0.2, 0.25) is 0 Å². The van der Waals surface area contributed by atoms with E-state index in [1.54, 1.807) is 0 Å². The van der Waals surface area contributed by atoms with Gasteiger partial charge in [0, 0.05) is 0 Å². The van der Waals surface area contributed by atoms with Gasteiger partial charge in [-0.05, 0) is 38.8 Å². The summed E-state index contributed by atoms with van der Waals surface area (Å²) in [6, 6.07) is 0. The van der Waals surface area contributed by atoms with Crippen LogP contribution in [0.3, 0.4) is 0 Å². The van der Waals surface area contributed by atoms with Crippen molar-refractivity contribution in [3.63, 3.8) is 0 Å². The second-order valence-corrected chi connectivity index (χ2v) is 2.63. The van der Waals surface area contributed by atoms with Crippen molar-refractivity contribution in [3.05, 3.63) is 22.8 Å². The lowest BCUT2D eigenvalue weighted by Gasteiger charge is -1.97. The van der Waals surface area contributed by atoms with Crippen LogP contribution < -0.4 is 0 Å². The molecule has 0 aliphatic carbocycles. The van der Waals surface area contributed by atoms with Crippen LogP contribution in [0.4, 0.5) is 8.78 Å². The van der Waals surface area contributed by atoms with Gasteiger partial charge in [-0.15, -0.1) is 0 Å². The van der Waals surface area contributed by atoms with Crippen LogP contribution in [-0.4, -0.2) is 0 Å². The maximum Gasteiger partial charge on any atom is 0.157 e. The predicted octanol–water partition coefficient (Wildman–Crippen LogP) is 3.51. The summed E-state index contributed by atoms with van der Waals surface area (Å²) in [6.07, 6.45) is 0. The third kappa shape index (κ3) is 2.29. The normalized spacial score (nSPS) is 9.00. The highest BCUT2D eigenvalue weighted by Gasteiger charge is 2.05. The van der Waals surface area contributed by atoms with Crippen LogP contribution in [0.15, 0.2) is 22.8 Å². The molecule has 0 aliphatic rings. The maximum atomic E-state index is 12.6. The fraction of sp³-hybridized carbons (Fsp3) is 0.500. The molecule has 10 heavy (non-hydrogen) atoms. The first-order valence-corrected chi connectivity index (χ1v) is 3.13. The van der Waals surface area contributed by atoms with Gasteiger partial charge in [-0.25, -0.2) is 8.78 Å². The van der Waals surface area contributed by atoms with Crippen LogP contribution in [0.25, 0.3) is 0 Å². The SMILES string of the molecule is CC(C)=C(F)C(F)=C(C)C. The van der Waals surface area contributed by atoms with Gasteiger partial charge in [0.15, 0.2) is 11.7 Å². The number of halogens is 2. The van der Waals surface area contributed by atoms with Crippen LogP contribution in [0, 0.1) is 0 Å². The second-order valence-electron chi connectivity index (χ2n) is 2.63. The molecule has 0 saturated heterocycles. The topological polar surface area (TPSA) is 0 Å². The van der Waals surface area contributed by atoms with Gasteiger partial charge in [-0.3, -0.25) is 0 Å². The summed E-state index contributed by atoms with van der Waals surface area (Å²) in [5.41, 5.74) is 0.748. The van der Waals surface area contributed by atoms with Crippen molar-refractivity contribution in [1.29, 1.82) is 0 Å². The lowest BCUT2D eigenvalue weighted by atomic mass is 10.2. The number of rotatable bonds is 1. The summed E-state index contributed by atoms with van der Waals surface area (Å²) in [6.45, 7) is 6.16. The summed E-state index contributed by atoms with van der Waals surface area (Å²) in [5, 5.41) is 0. The van der Waals surface area contributed by atoms with E-state index in [-0.39, 0.29) is 0 Å². The molecule has 0 bridgehead atoms. The van der Waals surface area contributed by atoms with Crippen molar-refractivity contribution in [2.45, 2.75) is 27.7 Å². The fourth-order valence-corrected chi connectivity index (χ4v) is 0.439. The molecule has 0 spiro atoms. The van der Waals surface area contributed by atoms with E-state index in [1.807, 2.05) is 0 Å². The predicted molar refractivity (Wildman–Crippen MR) is 39.0 cm³/mol. The van der Waals surface area contributed by atoms with E-state index in [0.717, 1.165) is 0 Å². The lowest BCUT2D eigenvalue weighted by Crippen LogP contribution is -1.82. The van der Waals surface area contributed by atoms with Gasteiger partial charge in [-0.2, -0.15) is 0 Å². The van der Waals surface area contributed by atoms with Gasteiger partial charge in [0.1, 0.15) is 0 Å². The van der Waals surface area contributed by atoms with E-state index in [0.29, 0.717) is 11.1 Å². The molecule has 0 fully saturated rings. The molecule has 58 valence electrons. The fourth-order valence-electron chi connectivity index (χ4n) is 0.439. The molecule has 0 aliphatic heterocycles. The van der Waals surface area contributed by atoms with E-state index in [1.165, 1.54) is 27.7 Å². The summed E-state index contributed by atoms with van der Waals surface area (Å²) >= 11 is 0. The smallest absolute Gasteiger partial charge is 0.157 e. The highest BCUT2D eigenvalue weighted by atomic mass is 19.2. The number of hydrogen-bond donors (Lipinski definition) is 0. The Labute approximate surface area is 60.2 Å². The van der Waals surface area contributed by atoms with E-state index in [9.17, 15) is 8.78 Å². The van der Waals surface area contributed by atoms with Crippen molar-refractivity contribution in [1.82, 2.24) is 0 Å². The van der Waals surface area contributed by atoms with Crippen LogP contribution in [0.5, 0.6) is 0 Å². The number of hydrogen-bond acceptors (Lipinski definition) is 0. The Morgan fingerprint density at radius 3 is 1.00 bits per heavy atom. The minimum atomic E-state index is -0.736. The third-order valence-corrected chi connectivity index (χ3v) is 1.07. The molecule has 0 unspecified atom stereocenters. The molecule has 2 heteroatoms. The Morgan fingerprint density at radius 1 is 0.700 bits per heavy atom. The average Bonchev–Trinajstić information content (AvgIpc) is 1.84. The lowest BCUT2D eigenvalue weighted by molar-refractivity contribution is 0.530. The molecule has 0 heterocycles. The minimum Gasteiger partial charge on any atom is -0.204 e. The van der Waals surface area contributed by atoms with Crippen LogP contribution in [0.2, 0.25) is 0 Å². The molecule has 0 radical (unpaired) electrons. The van der Waals surface area contributed by atoms with E-state index in [2.05, 4.69) is 0 Å². The van der Waals surface area contributed by atoms with Gasteiger partial charge in [0.25, 0.3) is 0 Å². The van der Waals surface area contributed by atoms with Crippen LogP contribution in [0.1, 0.15) is 27.7 Å². The van der Waals surface area contributed by atoms with Crippen molar-refractivity contribution < 1.29 is 8.78 Å². The molecule has 0 rings (SSSR count). The third-order valence-electron chi connectivity index (χ3n) is 1.07. The Balaban J connectivity index is 4.71. The van der Waals surface area contributed by atoms with Gasteiger partial charge >= 0.3 is 0 Å². The molecular formula is C8H12F2. The standard InChI is InChI=1S/C8H12F2/c1-5(2)7(9)8(10)6(3)4/h1-4H3. The van der Waals surface area contributed by atoms with Crippen LogP contribution in [-0.2, 0) is 0 Å². The molecule has 0 amide bonds. The van der Waals surface area contributed by atoms with Gasteiger partial charge < -0.3 is 0 Å². The molecule has 0 atom stereocenters. The van der Waals surface area contributed by atoms with E-state index < -0.39 is 11.7 Å². The molecule has 0 N–H and O–H groups in total. The summed E-state index contributed by atoms with van der Waals surface area (Å²) < 4.78 is 25.2. The Hall–Kier alpha value is -0.660. The monoisotopic (exact) mass is 146 g/mol. The zero-order valence-electron chi connectivity index (χ0n) is 6.76. The summed E-state index contributed by atoms with van der Waals surface area (Å²) in [7, 11) is 0. The molecule has 0 saturated carbocycles. The van der Waals surface area contributed by atoms with Crippen molar-refractivity contribution >= 4 is 0 Å². The molecule has 0 aromatic rings. The van der Waals surface area contributed by atoms with E-state index >= 15 is 0 Å². The van der Waals surface area contributed by atoms with Crippen molar-refractivity contribution in [3.8, 4) is 0 Å². The largest absolute Gasteiger partial charge is 0.204 e. The number of allylic oxidation sites excluding steroid dienone is 4. The zero-order valence-corrected chi connectivity index (χ0v) is 6.76. The Morgan fingerprint density at radius 2 is 0.900 bits per heavy atom. The summed E-state index contributed by atoms with van der Waals surface area (Å²) in [4.78, 5) is 0. The van der Waals surface area contributed by atoms with Gasteiger partial charge in [-0.1, -0.05) is 0 Å². The highest BCUT2D eigenvalue weighted by molar-refractivity contribution is 5.25. The molecule has 0 aromatic carbocycles. The zero-order chi connectivity index (χ0) is 8.31. The van der Waals surface area contributed by atoms with Gasteiger partial charge in [0.05, 0.1) is 0 Å². The minimum absolute atomic E-state index is 0.374. The first-order valence-electron chi connectivity index (χ1n) is 3.13. The quantitative estimate of drug-likeness (QED) is 0.496. The first kappa shape index (κ1) is 9.34. The molecule has 0 nitrogen and oxygen atoms in total.